The van der Waals surface area contributed by atoms with Crippen LogP contribution in [0.2, 0.25) is 0 Å². The third kappa shape index (κ3) is 4.62. The SMILES string of the molecule is NC(CCC(O)c1cnc2ccc(NCCCCO)nn12)c1cc2ccccc2s1. The summed E-state index contributed by atoms with van der Waals surface area (Å²) >= 11 is 1.71. The molecule has 4 aromatic rings. The van der Waals surface area contributed by atoms with Gasteiger partial charge in [-0.3, -0.25) is 0 Å². The van der Waals surface area contributed by atoms with E-state index in [-0.39, 0.29) is 12.6 Å². The van der Waals surface area contributed by atoms with Gasteiger partial charge in [-0.2, -0.15) is 0 Å². The van der Waals surface area contributed by atoms with Gasteiger partial charge in [0.2, 0.25) is 0 Å². The van der Waals surface area contributed by atoms with Crippen LogP contribution in [0.1, 0.15) is 48.4 Å². The molecule has 7 nitrogen and oxygen atoms in total. The van der Waals surface area contributed by atoms with Gasteiger partial charge in [0, 0.05) is 28.8 Å². The van der Waals surface area contributed by atoms with Gasteiger partial charge in [-0.25, -0.2) is 9.50 Å². The standard InChI is InChI=1S/C22H27N5O2S/c23-16(20-13-15-5-1-2-6-19(15)30-20)7-8-18(29)17-14-25-22-10-9-21(26-27(17)22)24-11-3-4-12-28/h1-2,5-6,9-10,13-14,16,18,28-29H,3-4,7-8,11-12,23H2,(H,24,26). The number of nitrogens with one attached hydrogen (secondary N) is 1. The van der Waals surface area contributed by atoms with Crippen molar-refractivity contribution >= 4 is 32.9 Å². The number of aliphatic hydroxyl groups excluding tert-OH is 2. The molecule has 0 aliphatic heterocycles. The molecule has 4 rings (SSSR count). The Balaban J connectivity index is 1.41. The number of hydrogen-bond acceptors (Lipinski definition) is 7. The lowest BCUT2D eigenvalue weighted by molar-refractivity contribution is 0.155. The van der Waals surface area contributed by atoms with E-state index in [2.05, 4.69) is 33.6 Å². The van der Waals surface area contributed by atoms with Crippen LogP contribution >= 0.6 is 11.3 Å². The molecule has 30 heavy (non-hydrogen) atoms. The predicted molar refractivity (Wildman–Crippen MR) is 121 cm³/mol. The molecule has 2 unspecified atom stereocenters. The molecule has 3 heterocycles. The van der Waals surface area contributed by atoms with Crippen molar-refractivity contribution in [3.8, 4) is 0 Å². The Bertz CT molecular complexity index is 1080. The maximum absolute atomic E-state index is 10.8. The zero-order valence-corrected chi connectivity index (χ0v) is 17.6. The first kappa shape index (κ1) is 20.7. The number of benzene rings is 1. The van der Waals surface area contributed by atoms with Gasteiger partial charge in [-0.15, -0.1) is 16.4 Å². The van der Waals surface area contributed by atoms with E-state index in [9.17, 15) is 5.11 Å². The van der Waals surface area contributed by atoms with Crippen molar-refractivity contribution in [2.75, 3.05) is 18.5 Å². The lowest BCUT2D eigenvalue weighted by Crippen LogP contribution is -2.12. The minimum absolute atomic E-state index is 0.118. The number of fused-ring (bicyclic) bond motifs is 2. The molecule has 0 saturated heterocycles. The molecule has 3 aromatic heterocycles. The number of imidazole rings is 1. The number of nitrogens with zero attached hydrogens (tertiary/aromatic N) is 3. The first-order valence-corrected chi connectivity index (χ1v) is 11.1. The summed E-state index contributed by atoms with van der Waals surface area (Å²) in [6.07, 6.45) is 3.79. The molecule has 0 amide bonds. The number of hydrogen-bond donors (Lipinski definition) is 4. The van der Waals surface area contributed by atoms with E-state index in [1.54, 1.807) is 22.0 Å². The summed E-state index contributed by atoms with van der Waals surface area (Å²) in [6, 6.07) is 14.0. The highest BCUT2D eigenvalue weighted by molar-refractivity contribution is 7.19. The third-order valence-corrected chi connectivity index (χ3v) is 6.43. The molecule has 1 aromatic carbocycles. The molecule has 0 bridgehead atoms. The van der Waals surface area contributed by atoms with E-state index in [1.807, 2.05) is 24.3 Å². The van der Waals surface area contributed by atoms with Crippen molar-refractivity contribution in [1.82, 2.24) is 14.6 Å². The summed E-state index contributed by atoms with van der Waals surface area (Å²) in [5.41, 5.74) is 7.76. The average Bonchev–Trinajstić information content (AvgIpc) is 3.39. The molecule has 0 aliphatic rings. The van der Waals surface area contributed by atoms with Crippen molar-refractivity contribution in [1.29, 1.82) is 0 Å². The van der Waals surface area contributed by atoms with Crippen LogP contribution in [0, 0.1) is 0 Å². The minimum atomic E-state index is -0.697. The molecule has 0 radical (unpaired) electrons. The van der Waals surface area contributed by atoms with Gasteiger partial charge in [0.05, 0.1) is 18.0 Å². The largest absolute Gasteiger partial charge is 0.396 e. The summed E-state index contributed by atoms with van der Waals surface area (Å²) in [5.74, 6) is 0.717. The van der Waals surface area contributed by atoms with Crippen molar-refractivity contribution in [3.05, 3.63) is 59.2 Å². The number of aromatic nitrogens is 3. The van der Waals surface area contributed by atoms with E-state index in [4.69, 9.17) is 10.8 Å². The fourth-order valence-corrected chi connectivity index (χ4v) is 4.58. The van der Waals surface area contributed by atoms with Gasteiger partial charge in [0.15, 0.2) is 5.65 Å². The molecule has 8 heteroatoms. The number of rotatable bonds is 10. The second-order valence-corrected chi connectivity index (χ2v) is 8.53. The molecule has 2 atom stereocenters. The fraction of sp³-hybridized carbons (Fsp3) is 0.364. The third-order valence-electron chi connectivity index (χ3n) is 5.18. The highest BCUT2D eigenvalue weighted by Crippen LogP contribution is 2.32. The van der Waals surface area contributed by atoms with Gasteiger partial charge in [-0.1, -0.05) is 18.2 Å². The first-order valence-electron chi connectivity index (χ1n) is 10.3. The van der Waals surface area contributed by atoms with E-state index in [0.717, 1.165) is 24.3 Å². The van der Waals surface area contributed by atoms with E-state index >= 15 is 0 Å². The topological polar surface area (TPSA) is 109 Å². The zero-order valence-electron chi connectivity index (χ0n) is 16.7. The lowest BCUT2D eigenvalue weighted by Gasteiger charge is -2.14. The highest BCUT2D eigenvalue weighted by atomic mass is 32.1. The predicted octanol–water partition coefficient (Wildman–Crippen LogP) is 3.64. The van der Waals surface area contributed by atoms with Crippen molar-refractivity contribution in [2.24, 2.45) is 5.73 Å². The van der Waals surface area contributed by atoms with Gasteiger partial charge in [0.1, 0.15) is 5.82 Å². The fourth-order valence-electron chi connectivity index (χ4n) is 3.48. The molecule has 0 saturated carbocycles. The van der Waals surface area contributed by atoms with Gasteiger partial charge in [0.25, 0.3) is 0 Å². The number of anilines is 1. The summed E-state index contributed by atoms with van der Waals surface area (Å²) in [5, 5.41) is 28.7. The van der Waals surface area contributed by atoms with Gasteiger partial charge < -0.3 is 21.3 Å². The first-order chi connectivity index (χ1) is 14.7. The number of unbranched alkanes of at least 4 members (excludes halogenated alkanes) is 1. The normalized spacial score (nSPS) is 13.7. The minimum Gasteiger partial charge on any atom is -0.396 e. The highest BCUT2D eigenvalue weighted by Gasteiger charge is 2.18. The summed E-state index contributed by atoms with van der Waals surface area (Å²) in [7, 11) is 0. The molecule has 0 fully saturated rings. The molecule has 0 aliphatic carbocycles. The molecule has 158 valence electrons. The molecular formula is C22H27N5O2S. The van der Waals surface area contributed by atoms with Crippen LogP contribution in [0.5, 0.6) is 0 Å². The van der Waals surface area contributed by atoms with Gasteiger partial charge in [-0.05, 0) is 55.3 Å². The van der Waals surface area contributed by atoms with Crippen LogP contribution in [0.15, 0.2) is 48.7 Å². The van der Waals surface area contributed by atoms with Crippen LogP contribution in [0.25, 0.3) is 15.7 Å². The van der Waals surface area contributed by atoms with E-state index < -0.39 is 6.10 Å². The van der Waals surface area contributed by atoms with E-state index in [0.29, 0.717) is 30.0 Å². The Labute approximate surface area is 179 Å². The van der Waals surface area contributed by atoms with Crippen LogP contribution < -0.4 is 11.1 Å². The molecular weight excluding hydrogens is 398 g/mol. The Morgan fingerprint density at radius 1 is 1.13 bits per heavy atom. The number of nitrogens with two attached hydrogens (primary N) is 1. The molecule has 5 N–H and O–H groups in total. The number of thiophene rings is 1. The lowest BCUT2D eigenvalue weighted by atomic mass is 10.1. The molecule has 0 spiro atoms. The van der Waals surface area contributed by atoms with Crippen molar-refractivity contribution in [2.45, 2.75) is 37.8 Å². The summed E-state index contributed by atoms with van der Waals surface area (Å²) < 4.78 is 2.91. The Hall–Kier alpha value is -2.52. The van der Waals surface area contributed by atoms with Crippen LogP contribution in [-0.2, 0) is 0 Å². The van der Waals surface area contributed by atoms with Crippen LogP contribution in [0.3, 0.4) is 0 Å². The maximum atomic E-state index is 10.8. The Morgan fingerprint density at radius 2 is 2.00 bits per heavy atom. The van der Waals surface area contributed by atoms with E-state index in [1.165, 1.54) is 10.1 Å². The Morgan fingerprint density at radius 3 is 2.83 bits per heavy atom. The zero-order chi connectivity index (χ0) is 20.9. The monoisotopic (exact) mass is 425 g/mol. The number of aliphatic hydroxyl groups is 2. The van der Waals surface area contributed by atoms with Crippen molar-refractivity contribution in [3.63, 3.8) is 0 Å². The van der Waals surface area contributed by atoms with Crippen LogP contribution in [-0.4, -0.2) is 38.0 Å². The maximum Gasteiger partial charge on any atom is 0.154 e. The average molecular weight is 426 g/mol. The van der Waals surface area contributed by atoms with Gasteiger partial charge >= 0.3 is 0 Å². The quantitative estimate of drug-likeness (QED) is 0.289. The second-order valence-electron chi connectivity index (χ2n) is 7.42. The Kier molecular flexibility index (Phi) is 6.59. The van der Waals surface area contributed by atoms with Crippen LogP contribution in [0.4, 0.5) is 5.82 Å². The second kappa shape index (κ2) is 9.53. The smallest absolute Gasteiger partial charge is 0.154 e. The van der Waals surface area contributed by atoms with Crippen molar-refractivity contribution < 1.29 is 10.2 Å². The summed E-state index contributed by atoms with van der Waals surface area (Å²) in [4.78, 5) is 5.49. The summed E-state index contributed by atoms with van der Waals surface area (Å²) in [6.45, 7) is 0.922.